The van der Waals surface area contributed by atoms with Gasteiger partial charge in [-0.05, 0) is 62.7 Å². The maximum atomic E-state index is 5.94. The van der Waals surface area contributed by atoms with Crippen molar-refractivity contribution in [2.75, 3.05) is 25.5 Å². The molecule has 126 valence electrons. The van der Waals surface area contributed by atoms with E-state index < -0.39 is 0 Å². The van der Waals surface area contributed by atoms with E-state index in [1.807, 2.05) is 6.07 Å². The molecular formula is C20H25N3O. The molecule has 0 saturated carbocycles. The van der Waals surface area contributed by atoms with Crippen LogP contribution in [0.25, 0.3) is 0 Å². The van der Waals surface area contributed by atoms with E-state index in [0.717, 1.165) is 30.8 Å². The molecule has 2 heterocycles. The standard InChI is InChI=1S/C20H25N3O/c1-14(21-15-7-5-4-6-8-15)24-16-9-10-19-18(13-16)17-11-12-22(2)20(17)23(19)3/h5,7-10,13,17,20-21H,1,4,6,11-12H2,2-3H3. The molecule has 0 spiro atoms. The second-order valence-corrected chi connectivity index (χ2v) is 6.91. The number of anilines is 1. The fraction of sp³-hybridized carbons (Fsp3) is 0.400. The highest BCUT2D eigenvalue weighted by Crippen LogP contribution is 2.47. The summed E-state index contributed by atoms with van der Waals surface area (Å²) in [5.41, 5.74) is 3.78. The van der Waals surface area contributed by atoms with Crippen LogP contribution < -0.4 is 15.0 Å². The minimum Gasteiger partial charge on any atom is -0.442 e. The van der Waals surface area contributed by atoms with Gasteiger partial charge in [0.05, 0.1) is 6.17 Å². The zero-order valence-electron chi connectivity index (χ0n) is 14.5. The molecule has 0 aromatic heterocycles. The minimum absolute atomic E-state index is 0.481. The Bertz CT molecular complexity index is 722. The van der Waals surface area contributed by atoms with Crippen molar-refractivity contribution in [3.05, 3.63) is 60.1 Å². The number of fused-ring (bicyclic) bond motifs is 3. The molecule has 4 rings (SSSR count). The first kappa shape index (κ1) is 15.3. The largest absolute Gasteiger partial charge is 0.442 e. The van der Waals surface area contributed by atoms with Gasteiger partial charge in [0.25, 0.3) is 0 Å². The van der Waals surface area contributed by atoms with Crippen molar-refractivity contribution in [3.8, 4) is 5.75 Å². The number of allylic oxidation sites excluding steroid dienone is 3. The van der Waals surface area contributed by atoms with Crippen molar-refractivity contribution >= 4 is 5.69 Å². The minimum atomic E-state index is 0.481. The van der Waals surface area contributed by atoms with Gasteiger partial charge in [-0.15, -0.1) is 0 Å². The average molecular weight is 323 g/mol. The lowest BCUT2D eigenvalue weighted by molar-refractivity contribution is 0.305. The predicted molar refractivity (Wildman–Crippen MR) is 98.0 cm³/mol. The van der Waals surface area contributed by atoms with Crippen LogP contribution in [0.4, 0.5) is 5.69 Å². The molecular weight excluding hydrogens is 298 g/mol. The first-order valence-corrected chi connectivity index (χ1v) is 8.71. The molecule has 1 aromatic carbocycles. The van der Waals surface area contributed by atoms with Crippen molar-refractivity contribution in [2.45, 2.75) is 31.3 Å². The molecule has 1 aliphatic carbocycles. The van der Waals surface area contributed by atoms with Crippen molar-refractivity contribution in [2.24, 2.45) is 0 Å². The zero-order chi connectivity index (χ0) is 16.7. The van der Waals surface area contributed by atoms with Crippen LogP contribution in [0, 0.1) is 0 Å². The van der Waals surface area contributed by atoms with Crippen LogP contribution in [0.1, 0.15) is 30.7 Å². The van der Waals surface area contributed by atoms with Crippen LogP contribution >= 0.6 is 0 Å². The molecule has 4 heteroatoms. The number of hydrogen-bond donors (Lipinski definition) is 1. The number of ether oxygens (including phenoxy) is 1. The summed E-state index contributed by atoms with van der Waals surface area (Å²) >= 11 is 0. The molecule has 1 N–H and O–H groups in total. The normalized spacial score (nSPS) is 25.2. The molecule has 1 fully saturated rings. The van der Waals surface area contributed by atoms with Crippen molar-refractivity contribution < 1.29 is 4.74 Å². The molecule has 0 radical (unpaired) electrons. The molecule has 2 atom stereocenters. The molecule has 4 nitrogen and oxygen atoms in total. The van der Waals surface area contributed by atoms with E-state index in [0.29, 0.717) is 18.0 Å². The lowest BCUT2D eigenvalue weighted by atomic mass is 9.98. The summed E-state index contributed by atoms with van der Waals surface area (Å²) in [6.45, 7) is 5.16. The SMILES string of the molecule is C=C(NC1=CCCC=C1)Oc1ccc2c(c1)C1CCN(C)C1N2C. The summed E-state index contributed by atoms with van der Waals surface area (Å²) < 4.78 is 5.94. The lowest BCUT2D eigenvalue weighted by Crippen LogP contribution is -2.39. The topological polar surface area (TPSA) is 27.7 Å². The number of likely N-dealkylation sites (N-methyl/N-ethyl adjacent to an activating group) is 2. The number of benzene rings is 1. The van der Waals surface area contributed by atoms with Crippen LogP contribution in [0.3, 0.4) is 0 Å². The van der Waals surface area contributed by atoms with Gasteiger partial charge in [0.2, 0.25) is 0 Å². The van der Waals surface area contributed by atoms with E-state index in [2.05, 4.69) is 66.2 Å². The Morgan fingerprint density at radius 3 is 2.96 bits per heavy atom. The van der Waals surface area contributed by atoms with Gasteiger partial charge in [0, 0.05) is 30.9 Å². The Hall–Kier alpha value is -2.20. The van der Waals surface area contributed by atoms with Gasteiger partial charge in [0.1, 0.15) is 5.75 Å². The molecule has 1 aromatic rings. The summed E-state index contributed by atoms with van der Waals surface area (Å²) in [7, 11) is 4.40. The number of nitrogens with one attached hydrogen (secondary N) is 1. The van der Waals surface area contributed by atoms with Gasteiger partial charge in [-0.25, -0.2) is 0 Å². The van der Waals surface area contributed by atoms with E-state index in [-0.39, 0.29) is 0 Å². The number of likely N-dealkylation sites (tertiary alicyclic amines) is 1. The third-order valence-corrected chi connectivity index (χ3v) is 5.30. The van der Waals surface area contributed by atoms with E-state index in [1.165, 1.54) is 17.7 Å². The second kappa shape index (κ2) is 6.02. The molecule has 1 saturated heterocycles. The Kier molecular flexibility index (Phi) is 3.85. The van der Waals surface area contributed by atoms with Gasteiger partial charge < -0.3 is 15.0 Å². The summed E-state index contributed by atoms with van der Waals surface area (Å²) in [4.78, 5) is 4.83. The van der Waals surface area contributed by atoms with Gasteiger partial charge >= 0.3 is 0 Å². The van der Waals surface area contributed by atoms with Crippen molar-refractivity contribution in [1.29, 1.82) is 0 Å². The summed E-state index contributed by atoms with van der Waals surface area (Å²) in [5, 5.41) is 3.24. The van der Waals surface area contributed by atoms with E-state index in [4.69, 9.17) is 4.74 Å². The Morgan fingerprint density at radius 2 is 2.17 bits per heavy atom. The quantitative estimate of drug-likeness (QED) is 0.858. The van der Waals surface area contributed by atoms with Crippen molar-refractivity contribution in [3.63, 3.8) is 0 Å². The van der Waals surface area contributed by atoms with E-state index >= 15 is 0 Å². The van der Waals surface area contributed by atoms with Crippen LogP contribution in [0.5, 0.6) is 5.75 Å². The van der Waals surface area contributed by atoms with Crippen LogP contribution in [-0.2, 0) is 0 Å². The van der Waals surface area contributed by atoms with Gasteiger partial charge in [-0.3, -0.25) is 4.90 Å². The first-order valence-electron chi connectivity index (χ1n) is 8.71. The molecule has 24 heavy (non-hydrogen) atoms. The van der Waals surface area contributed by atoms with E-state index in [9.17, 15) is 0 Å². The smallest absolute Gasteiger partial charge is 0.190 e. The Labute approximate surface area is 144 Å². The third-order valence-electron chi connectivity index (χ3n) is 5.30. The molecule has 3 aliphatic rings. The maximum Gasteiger partial charge on any atom is 0.190 e. The summed E-state index contributed by atoms with van der Waals surface area (Å²) in [6.07, 6.45) is 10.3. The van der Waals surface area contributed by atoms with Crippen LogP contribution in [0.15, 0.2) is 54.6 Å². The first-order chi connectivity index (χ1) is 11.6. The van der Waals surface area contributed by atoms with Crippen molar-refractivity contribution in [1.82, 2.24) is 10.2 Å². The number of nitrogens with zero attached hydrogens (tertiary/aromatic N) is 2. The zero-order valence-corrected chi connectivity index (χ0v) is 14.5. The lowest BCUT2D eigenvalue weighted by Gasteiger charge is -2.28. The highest BCUT2D eigenvalue weighted by atomic mass is 16.5. The monoisotopic (exact) mass is 323 g/mol. The van der Waals surface area contributed by atoms with Crippen LogP contribution in [0.2, 0.25) is 0 Å². The molecule has 2 aliphatic heterocycles. The summed E-state index contributed by atoms with van der Waals surface area (Å²) in [5.74, 6) is 2.00. The Morgan fingerprint density at radius 1 is 1.29 bits per heavy atom. The second-order valence-electron chi connectivity index (χ2n) is 6.91. The van der Waals surface area contributed by atoms with Gasteiger partial charge in [-0.1, -0.05) is 12.2 Å². The molecule has 0 amide bonds. The van der Waals surface area contributed by atoms with Crippen LogP contribution in [-0.4, -0.2) is 31.7 Å². The van der Waals surface area contributed by atoms with Gasteiger partial charge in [0.15, 0.2) is 5.88 Å². The Balaban J connectivity index is 1.49. The predicted octanol–water partition coefficient (Wildman–Crippen LogP) is 3.56. The fourth-order valence-electron chi connectivity index (χ4n) is 4.20. The molecule has 0 bridgehead atoms. The highest BCUT2D eigenvalue weighted by molar-refractivity contribution is 5.63. The third kappa shape index (κ3) is 2.61. The number of hydrogen-bond acceptors (Lipinski definition) is 4. The van der Waals surface area contributed by atoms with Gasteiger partial charge in [-0.2, -0.15) is 0 Å². The summed E-state index contributed by atoms with van der Waals surface area (Å²) in [6, 6.07) is 6.39. The van der Waals surface area contributed by atoms with E-state index in [1.54, 1.807) is 0 Å². The fourth-order valence-corrected chi connectivity index (χ4v) is 4.20. The number of rotatable bonds is 4. The maximum absolute atomic E-state index is 5.94. The molecule has 2 unspecified atom stereocenters. The average Bonchev–Trinajstić information content (AvgIpc) is 3.08. The highest BCUT2D eigenvalue weighted by Gasteiger charge is 2.43.